The highest BCUT2D eigenvalue weighted by molar-refractivity contribution is 7.22. The lowest BCUT2D eigenvalue weighted by atomic mass is 10.2. The van der Waals surface area contributed by atoms with Gasteiger partial charge in [-0.2, -0.15) is 0 Å². The highest BCUT2D eigenvalue weighted by Crippen LogP contribution is 2.39. The van der Waals surface area contributed by atoms with Crippen LogP contribution in [0.2, 0.25) is 0 Å². The van der Waals surface area contributed by atoms with E-state index in [1.54, 1.807) is 37.0 Å². The summed E-state index contributed by atoms with van der Waals surface area (Å²) in [5.74, 6) is 2.50. The van der Waals surface area contributed by atoms with Crippen LogP contribution in [0.5, 0.6) is 0 Å². The number of hydrogen-bond donors (Lipinski definition) is 2. The summed E-state index contributed by atoms with van der Waals surface area (Å²) in [4.78, 5) is 25.7. The maximum absolute atomic E-state index is 5.66. The monoisotopic (exact) mass is 464 g/mol. The average Bonchev–Trinajstić information content (AvgIpc) is 3.29. The molecule has 0 aliphatic carbocycles. The summed E-state index contributed by atoms with van der Waals surface area (Å²) in [6, 6.07) is 6.14. The van der Waals surface area contributed by atoms with Crippen molar-refractivity contribution in [3.05, 3.63) is 36.8 Å². The predicted molar refractivity (Wildman–Crippen MR) is 129 cm³/mol. The number of hydrogen-bond acceptors (Lipinski definition) is 11. The SMILES string of the molecule is COCCNc1cc(-c2cc3nc(-c4cnc(N)nc4)nc(N4CCOCC4)c3s2)ccn1. The zero-order valence-electron chi connectivity index (χ0n) is 18.2. The van der Waals surface area contributed by atoms with Crippen molar-refractivity contribution in [1.82, 2.24) is 24.9 Å². The third-order valence-corrected chi connectivity index (χ3v) is 6.42. The summed E-state index contributed by atoms with van der Waals surface area (Å²) < 4.78 is 11.7. The normalized spacial score (nSPS) is 14.0. The molecule has 0 spiro atoms. The van der Waals surface area contributed by atoms with E-state index in [-0.39, 0.29) is 5.95 Å². The van der Waals surface area contributed by atoms with Gasteiger partial charge in [0.25, 0.3) is 0 Å². The predicted octanol–water partition coefficient (Wildman–Crippen LogP) is 2.69. The quantitative estimate of drug-likeness (QED) is 0.394. The Morgan fingerprint density at radius 2 is 1.94 bits per heavy atom. The Morgan fingerprint density at radius 1 is 1.12 bits per heavy atom. The second-order valence-corrected chi connectivity index (χ2v) is 8.53. The summed E-state index contributed by atoms with van der Waals surface area (Å²) in [7, 11) is 1.68. The molecule has 5 heterocycles. The summed E-state index contributed by atoms with van der Waals surface area (Å²) in [5.41, 5.74) is 8.33. The topological polar surface area (TPSA) is 124 Å². The second kappa shape index (κ2) is 9.61. The lowest BCUT2D eigenvalue weighted by molar-refractivity contribution is 0.122. The number of morpholine rings is 1. The van der Waals surface area contributed by atoms with Crippen molar-refractivity contribution in [3.8, 4) is 21.8 Å². The number of ether oxygens (including phenoxy) is 2. The van der Waals surface area contributed by atoms with Crippen LogP contribution in [0.15, 0.2) is 36.8 Å². The van der Waals surface area contributed by atoms with Crippen molar-refractivity contribution in [2.24, 2.45) is 0 Å². The minimum Gasteiger partial charge on any atom is -0.383 e. The first-order valence-corrected chi connectivity index (χ1v) is 11.4. The standard InChI is InChI=1S/C22H24N8O2S/c1-31-7-4-25-18-10-14(2-3-24-18)17-11-16-19(33-17)21(30-5-8-32-9-6-30)29-20(28-16)15-12-26-22(23)27-13-15/h2-3,10-13H,4-9H2,1H3,(H,24,25)(H2,23,26,27). The van der Waals surface area contributed by atoms with E-state index in [1.807, 2.05) is 12.1 Å². The fourth-order valence-electron chi connectivity index (χ4n) is 3.59. The molecule has 0 amide bonds. The van der Waals surface area contributed by atoms with Crippen LogP contribution in [0.4, 0.5) is 17.6 Å². The lowest BCUT2D eigenvalue weighted by Gasteiger charge is -2.28. The van der Waals surface area contributed by atoms with E-state index in [9.17, 15) is 0 Å². The number of nitrogen functional groups attached to an aromatic ring is 1. The molecule has 4 aromatic rings. The minimum absolute atomic E-state index is 0.221. The minimum atomic E-state index is 0.221. The fourth-order valence-corrected chi connectivity index (χ4v) is 4.70. The molecule has 3 N–H and O–H groups in total. The molecule has 11 heteroatoms. The maximum Gasteiger partial charge on any atom is 0.219 e. The molecule has 33 heavy (non-hydrogen) atoms. The van der Waals surface area contributed by atoms with Gasteiger partial charge in [0, 0.05) is 50.2 Å². The Bertz CT molecular complexity index is 1240. The van der Waals surface area contributed by atoms with Gasteiger partial charge < -0.3 is 25.4 Å². The number of anilines is 3. The van der Waals surface area contributed by atoms with Crippen molar-refractivity contribution < 1.29 is 9.47 Å². The molecule has 0 unspecified atom stereocenters. The first kappa shape index (κ1) is 21.4. The Balaban J connectivity index is 1.57. The van der Waals surface area contributed by atoms with Gasteiger partial charge in [-0.25, -0.2) is 24.9 Å². The Labute approximate surface area is 194 Å². The van der Waals surface area contributed by atoms with Gasteiger partial charge in [0.15, 0.2) is 11.6 Å². The lowest BCUT2D eigenvalue weighted by Crippen LogP contribution is -2.36. The number of thiophene rings is 1. The Morgan fingerprint density at radius 3 is 2.73 bits per heavy atom. The summed E-state index contributed by atoms with van der Waals surface area (Å²) in [6.07, 6.45) is 5.11. The molecule has 1 fully saturated rings. The molecule has 10 nitrogen and oxygen atoms in total. The third kappa shape index (κ3) is 4.70. The number of methoxy groups -OCH3 is 1. The molecule has 0 bridgehead atoms. The largest absolute Gasteiger partial charge is 0.383 e. The molecular formula is C22H24N8O2S. The van der Waals surface area contributed by atoms with Gasteiger partial charge in [-0.15, -0.1) is 11.3 Å². The molecule has 0 radical (unpaired) electrons. The van der Waals surface area contributed by atoms with Crippen LogP contribution in [0.1, 0.15) is 0 Å². The average molecular weight is 465 g/mol. The van der Waals surface area contributed by atoms with E-state index < -0.39 is 0 Å². The zero-order chi connectivity index (χ0) is 22.6. The van der Waals surface area contributed by atoms with E-state index in [0.717, 1.165) is 50.9 Å². The Kier molecular flexibility index (Phi) is 6.24. The molecule has 1 aliphatic heterocycles. The van der Waals surface area contributed by atoms with E-state index in [0.29, 0.717) is 32.2 Å². The van der Waals surface area contributed by atoms with Crippen molar-refractivity contribution >= 4 is 39.1 Å². The molecule has 0 saturated carbocycles. The fraction of sp³-hybridized carbons (Fsp3) is 0.318. The number of nitrogens with one attached hydrogen (secondary N) is 1. The van der Waals surface area contributed by atoms with Crippen molar-refractivity contribution in [2.75, 3.05) is 62.5 Å². The van der Waals surface area contributed by atoms with E-state index in [2.05, 4.69) is 31.2 Å². The van der Waals surface area contributed by atoms with Gasteiger partial charge in [0.1, 0.15) is 5.82 Å². The number of nitrogens with zero attached hydrogens (tertiary/aromatic N) is 6. The molecule has 4 aromatic heterocycles. The van der Waals surface area contributed by atoms with Crippen LogP contribution >= 0.6 is 11.3 Å². The molecule has 5 rings (SSSR count). The van der Waals surface area contributed by atoms with Crippen LogP contribution in [0, 0.1) is 0 Å². The van der Waals surface area contributed by atoms with Crippen LogP contribution in [-0.4, -0.2) is 71.5 Å². The van der Waals surface area contributed by atoms with Gasteiger partial charge in [-0.1, -0.05) is 0 Å². The number of pyridine rings is 1. The highest BCUT2D eigenvalue weighted by atomic mass is 32.1. The summed E-state index contributed by atoms with van der Waals surface area (Å²) >= 11 is 1.68. The summed E-state index contributed by atoms with van der Waals surface area (Å²) in [5, 5.41) is 3.28. The molecular weight excluding hydrogens is 440 g/mol. The second-order valence-electron chi connectivity index (χ2n) is 7.47. The van der Waals surface area contributed by atoms with Crippen LogP contribution in [-0.2, 0) is 9.47 Å². The number of rotatable bonds is 7. The summed E-state index contributed by atoms with van der Waals surface area (Å²) in [6.45, 7) is 4.21. The van der Waals surface area contributed by atoms with Gasteiger partial charge in [-0.3, -0.25) is 0 Å². The molecule has 1 saturated heterocycles. The highest BCUT2D eigenvalue weighted by Gasteiger charge is 2.21. The van der Waals surface area contributed by atoms with E-state index in [1.165, 1.54) is 0 Å². The Hall–Kier alpha value is -3.41. The van der Waals surface area contributed by atoms with Crippen molar-refractivity contribution in [2.45, 2.75) is 0 Å². The van der Waals surface area contributed by atoms with Gasteiger partial charge in [0.2, 0.25) is 5.95 Å². The van der Waals surface area contributed by atoms with Crippen molar-refractivity contribution in [3.63, 3.8) is 0 Å². The maximum atomic E-state index is 5.66. The van der Waals surface area contributed by atoms with Crippen LogP contribution < -0.4 is 16.0 Å². The number of fused-ring (bicyclic) bond motifs is 1. The molecule has 170 valence electrons. The molecule has 0 aromatic carbocycles. The van der Waals surface area contributed by atoms with E-state index >= 15 is 0 Å². The van der Waals surface area contributed by atoms with Gasteiger partial charge >= 0.3 is 0 Å². The molecule has 0 atom stereocenters. The molecule has 1 aliphatic rings. The van der Waals surface area contributed by atoms with Gasteiger partial charge in [-0.05, 0) is 23.8 Å². The number of nitrogens with two attached hydrogens (primary N) is 1. The number of aromatic nitrogens is 5. The van der Waals surface area contributed by atoms with Crippen molar-refractivity contribution in [1.29, 1.82) is 0 Å². The van der Waals surface area contributed by atoms with Crippen LogP contribution in [0.25, 0.3) is 32.0 Å². The van der Waals surface area contributed by atoms with Crippen LogP contribution in [0.3, 0.4) is 0 Å². The first-order chi connectivity index (χ1) is 16.2. The first-order valence-electron chi connectivity index (χ1n) is 10.6. The smallest absolute Gasteiger partial charge is 0.219 e. The van der Waals surface area contributed by atoms with Gasteiger partial charge in [0.05, 0.1) is 35.6 Å². The van der Waals surface area contributed by atoms with E-state index in [4.69, 9.17) is 25.2 Å². The zero-order valence-corrected chi connectivity index (χ0v) is 19.0. The third-order valence-electron chi connectivity index (χ3n) is 5.25.